The molecule has 0 N–H and O–H groups in total. The fourth-order valence-corrected chi connectivity index (χ4v) is 3.58. The van der Waals surface area contributed by atoms with Crippen LogP contribution in [0.25, 0.3) is 0 Å². The van der Waals surface area contributed by atoms with Gasteiger partial charge in [0.1, 0.15) is 5.82 Å². The van der Waals surface area contributed by atoms with E-state index < -0.39 is 5.82 Å². The molecule has 2 rings (SSSR count). The van der Waals surface area contributed by atoms with E-state index in [0.29, 0.717) is 31.7 Å². The first-order chi connectivity index (χ1) is 12.3. The molecule has 0 radical (unpaired) electrons. The van der Waals surface area contributed by atoms with Gasteiger partial charge in [0.25, 0.3) is 5.91 Å². The summed E-state index contributed by atoms with van der Waals surface area (Å²) < 4.78 is 13.4. The van der Waals surface area contributed by atoms with Crippen LogP contribution >= 0.6 is 0 Å². The summed E-state index contributed by atoms with van der Waals surface area (Å²) >= 11 is 0. The number of hydrogen-bond donors (Lipinski definition) is 0. The third kappa shape index (κ3) is 5.27. The van der Waals surface area contributed by atoms with E-state index in [-0.39, 0.29) is 23.9 Å². The predicted molar refractivity (Wildman–Crippen MR) is 100 cm³/mol. The molecule has 1 heterocycles. The number of halogens is 1. The van der Waals surface area contributed by atoms with E-state index in [0.717, 1.165) is 13.0 Å². The highest BCUT2D eigenvalue weighted by Crippen LogP contribution is 2.12. The lowest BCUT2D eigenvalue weighted by atomic mass is 10.2. The minimum absolute atomic E-state index is 0.125. The number of carbonyl (C=O) groups is 2. The monoisotopic (exact) mass is 363 g/mol. The number of amides is 2. The van der Waals surface area contributed by atoms with Gasteiger partial charge in [0.2, 0.25) is 5.91 Å². The van der Waals surface area contributed by atoms with Crippen LogP contribution in [0.3, 0.4) is 0 Å². The standard InChI is InChI=1S/C20H30FN3O2/c1-15(2)24(16(3)4)19(25)14-22-9-6-10-23(12-11-22)20(26)17-7-5-8-18(21)13-17/h5,7-8,13,15-16H,6,9-12,14H2,1-4H3. The summed E-state index contributed by atoms with van der Waals surface area (Å²) in [6.45, 7) is 11.1. The van der Waals surface area contributed by atoms with Crippen LogP contribution in [0.15, 0.2) is 24.3 Å². The molecular weight excluding hydrogens is 333 g/mol. The summed E-state index contributed by atoms with van der Waals surface area (Å²) in [6.07, 6.45) is 0.803. The number of carbonyl (C=O) groups excluding carboxylic acids is 2. The van der Waals surface area contributed by atoms with Gasteiger partial charge >= 0.3 is 0 Å². The van der Waals surface area contributed by atoms with Crippen LogP contribution in [0.1, 0.15) is 44.5 Å². The van der Waals surface area contributed by atoms with E-state index >= 15 is 0 Å². The van der Waals surface area contributed by atoms with Gasteiger partial charge in [-0.1, -0.05) is 6.07 Å². The molecule has 1 saturated heterocycles. The Morgan fingerprint density at radius 1 is 1.08 bits per heavy atom. The molecule has 144 valence electrons. The molecule has 0 aliphatic carbocycles. The molecule has 1 aromatic carbocycles. The molecule has 5 nitrogen and oxygen atoms in total. The van der Waals surface area contributed by atoms with Gasteiger partial charge in [-0.2, -0.15) is 0 Å². The average molecular weight is 363 g/mol. The molecule has 0 bridgehead atoms. The Hall–Kier alpha value is -1.95. The summed E-state index contributed by atoms with van der Waals surface area (Å²) in [6, 6.07) is 6.14. The first kappa shape index (κ1) is 20.4. The molecule has 26 heavy (non-hydrogen) atoms. The molecule has 0 unspecified atom stereocenters. The van der Waals surface area contributed by atoms with Crippen molar-refractivity contribution >= 4 is 11.8 Å². The smallest absolute Gasteiger partial charge is 0.254 e. The van der Waals surface area contributed by atoms with Gasteiger partial charge < -0.3 is 9.80 Å². The van der Waals surface area contributed by atoms with Gasteiger partial charge in [-0.05, 0) is 52.3 Å². The second-order valence-corrected chi connectivity index (χ2v) is 7.42. The van der Waals surface area contributed by atoms with E-state index in [1.807, 2.05) is 32.6 Å². The molecule has 0 saturated carbocycles. The molecular formula is C20H30FN3O2. The first-order valence-electron chi connectivity index (χ1n) is 9.38. The van der Waals surface area contributed by atoms with Crippen molar-refractivity contribution in [1.82, 2.24) is 14.7 Å². The Labute approximate surface area is 155 Å². The third-order valence-corrected chi connectivity index (χ3v) is 4.71. The van der Waals surface area contributed by atoms with Crippen LogP contribution in [0.4, 0.5) is 4.39 Å². The number of rotatable bonds is 5. The lowest BCUT2D eigenvalue weighted by molar-refractivity contribution is -0.136. The quantitative estimate of drug-likeness (QED) is 0.808. The maximum absolute atomic E-state index is 13.4. The largest absolute Gasteiger partial charge is 0.337 e. The summed E-state index contributed by atoms with van der Waals surface area (Å²) in [5.41, 5.74) is 0.375. The Morgan fingerprint density at radius 3 is 2.38 bits per heavy atom. The maximum Gasteiger partial charge on any atom is 0.254 e. The van der Waals surface area contributed by atoms with Crippen molar-refractivity contribution in [2.75, 3.05) is 32.7 Å². The Bertz CT molecular complexity index is 625. The van der Waals surface area contributed by atoms with Crippen molar-refractivity contribution in [3.8, 4) is 0 Å². The molecule has 0 spiro atoms. The maximum atomic E-state index is 13.4. The minimum atomic E-state index is -0.402. The zero-order valence-electron chi connectivity index (χ0n) is 16.2. The van der Waals surface area contributed by atoms with E-state index in [2.05, 4.69) is 4.90 Å². The zero-order valence-corrected chi connectivity index (χ0v) is 16.2. The van der Waals surface area contributed by atoms with Crippen molar-refractivity contribution in [2.24, 2.45) is 0 Å². The molecule has 0 aromatic heterocycles. The molecule has 1 fully saturated rings. The van der Waals surface area contributed by atoms with Crippen LogP contribution in [0, 0.1) is 5.82 Å². The van der Waals surface area contributed by atoms with E-state index in [9.17, 15) is 14.0 Å². The van der Waals surface area contributed by atoms with Crippen LogP contribution in [-0.4, -0.2) is 71.3 Å². The highest BCUT2D eigenvalue weighted by molar-refractivity contribution is 5.94. The second kappa shape index (κ2) is 9.12. The normalized spacial score (nSPS) is 16.0. The summed E-state index contributed by atoms with van der Waals surface area (Å²) in [4.78, 5) is 31.0. The van der Waals surface area contributed by atoms with Gasteiger partial charge in [-0.25, -0.2) is 4.39 Å². The van der Waals surface area contributed by atoms with Crippen LogP contribution < -0.4 is 0 Å². The topological polar surface area (TPSA) is 43.9 Å². The second-order valence-electron chi connectivity index (χ2n) is 7.42. The highest BCUT2D eigenvalue weighted by atomic mass is 19.1. The van der Waals surface area contributed by atoms with Crippen molar-refractivity contribution < 1.29 is 14.0 Å². The molecule has 1 aromatic rings. The summed E-state index contributed by atoms with van der Waals surface area (Å²) in [7, 11) is 0. The van der Waals surface area contributed by atoms with Crippen molar-refractivity contribution in [3.05, 3.63) is 35.6 Å². The molecule has 2 amide bonds. The minimum Gasteiger partial charge on any atom is -0.337 e. The van der Waals surface area contributed by atoms with E-state index in [1.165, 1.54) is 12.1 Å². The Kier molecular flexibility index (Phi) is 7.14. The van der Waals surface area contributed by atoms with Crippen molar-refractivity contribution in [1.29, 1.82) is 0 Å². The van der Waals surface area contributed by atoms with Gasteiger partial charge in [-0.15, -0.1) is 0 Å². The van der Waals surface area contributed by atoms with Crippen LogP contribution in [0.2, 0.25) is 0 Å². The number of benzene rings is 1. The van der Waals surface area contributed by atoms with Gasteiger partial charge in [0.05, 0.1) is 6.54 Å². The lowest BCUT2D eigenvalue weighted by Gasteiger charge is -2.33. The fourth-order valence-electron chi connectivity index (χ4n) is 3.58. The van der Waals surface area contributed by atoms with Crippen LogP contribution in [-0.2, 0) is 4.79 Å². The molecule has 0 atom stereocenters. The molecule has 1 aliphatic rings. The average Bonchev–Trinajstić information content (AvgIpc) is 2.79. The number of hydrogen-bond acceptors (Lipinski definition) is 3. The Morgan fingerprint density at radius 2 is 1.77 bits per heavy atom. The fraction of sp³-hybridized carbons (Fsp3) is 0.600. The molecule has 1 aliphatic heterocycles. The van der Waals surface area contributed by atoms with Crippen molar-refractivity contribution in [3.63, 3.8) is 0 Å². The van der Waals surface area contributed by atoms with Crippen molar-refractivity contribution in [2.45, 2.75) is 46.2 Å². The summed E-state index contributed by atoms with van der Waals surface area (Å²) in [5, 5.41) is 0. The van der Waals surface area contributed by atoms with E-state index in [4.69, 9.17) is 0 Å². The van der Waals surface area contributed by atoms with Gasteiger partial charge in [-0.3, -0.25) is 14.5 Å². The van der Waals surface area contributed by atoms with Gasteiger partial charge in [0, 0.05) is 43.8 Å². The highest BCUT2D eigenvalue weighted by Gasteiger charge is 2.25. The lowest BCUT2D eigenvalue weighted by Crippen LogP contribution is -2.47. The molecule has 6 heteroatoms. The SMILES string of the molecule is CC(C)N(C(=O)CN1CCCN(C(=O)c2cccc(F)c2)CC1)C(C)C. The Balaban J connectivity index is 1.95. The van der Waals surface area contributed by atoms with Gasteiger partial charge in [0.15, 0.2) is 0 Å². The summed E-state index contributed by atoms with van der Waals surface area (Å²) in [5.74, 6) is -0.427. The predicted octanol–water partition coefficient (Wildman–Crippen LogP) is 2.62. The zero-order chi connectivity index (χ0) is 19.3. The van der Waals surface area contributed by atoms with Crippen LogP contribution in [0.5, 0.6) is 0 Å². The number of nitrogens with zero attached hydrogens (tertiary/aromatic N) is 3. The third-order valence-electron chi connectivity index (χ3n) is 4.71. The van der Waals surface area contributed by atoms with E-state index in [1.54, 1.807) is 17.0 Å². The first-order valence-corrected chi connectivity index (χ1v) is 9.38.